The van der Waals surface area contributed by atoms with E-state index in [1.165, 1.54) is 12.0 Å². The number of halogens is 2. The van der Waals surface area contributed by atoms with Gasteiger partial charge >= 0.3 is 0 Å². The quantitative estimate of drug-likeness (QED) is 0.823. The number of rotatable bonds is 4. The first-order valence-corrected chi connectivity index (χ1v) is 7.08. The van der Waals surface area contributed by atoms with Crippen LogP contribution in [0.15, 0.2) is 28.7 Å². The minimum atomic E-state index is -0.188. The monoisotopic (exact) mass is 297 g/mol. The summed E-state index contributed by atoms with van der Waals surface area (Å²) in [4.78, 5) is 2.43. The topological polar surface area (TPSA) is 3.24 Å². The van der Waals surface area contributed by atoms with Gasteiger partial charge in [0.05, 0.1) is 6.67 Å². The molecule has 1 unspecified atom stereocenters. The molecule has 1 aromatic carbocycles. The van der Waals surface area contributed by atoms with Crippen LogP contribution in [-0.2, 0) is 5.41 Å². The van der Waals surface area contributed by atoms with Crippen LogP contribution in [0.25, 0.3) is 0 Å². The first-order chi connectivity index (χ1) is 8.24. The van der Waals surface area contributed by atoms with Gasteiger partial charge in [0.1, 0.15) is 0 Å². The number of fused-ring (bicyclic) bond motifs is 1. The molecule has 0 N–H and O–H groups in total. The number of hydrogen-bond acceptors (Lipinski definition) is 1. The Morgan fingerprint density at radius 3 is 2.82 bits per heavy atom. The van der Waals surface area contributed by atoms with Gasteiger partial charge in [0.2, 0.25) is 0 Å². The number of alkyl halides is 1. The lowest BCUT2D eigenvalue weighted by atomic mass is 9.95. The Morgan fingerprint density at radius 1 is 1.35 bits per heavy atom. The highest BCUT2D eigenvalue weighted by Crippen LogP contribution is 2.58. The van der Waals surface area contributed by atoms with Gasteiger partial charge in [0, 0.05) is 29.5 Å². The van der Waals surface area contributed by atoms with Gasteiger partial charge in [-0.2, -0.15) is 0 Å². The third-order valence-electron chi connectivity index (χ3n) is 4.24. The Morgan fingerprint density at radius 2 is 2.12 bits per heavy atom. The molecule has 1 heterocycles. The van der Waals surface area contributed by atoms with Crippen molar-refractivity contribution < 1.29 is 4.39 Å². The van der Waals surface area contributed by atoms with Crippen LogP contribution in [0.2, 0.25) is 0 Å². The molecule has 3 rings (SSSR count). The Kier molecular flexibility index (Phi) is 2.99. The predicted molar refractivity (Wildman–Crippen MR) is 71.0 cm³/mol. The Labute approximate surface area is 110 Å². The van der Waals surface area contributed by atoms with Gasteiger partial charge in [-0.3, -0.25) is 4.39 Å². The minimum Gasteiger partial charge on any atom is -0.302 e. The number of piperidine rings is 1. The number of hydrogen-bond donors (Lipinski definition) is 0. The second-order valence-electron chi connectivity index (χ2n) is 5.34. The third kappa shape index (κ3) is 2.04. The maximum atomic E-state index is 12.2. The number of likely N-dealkylation sites (tertiary alicyclic amines) is 1. The van der Waals surface area contributed by atoms with E-state index in [0.717, 1.165) is 30.0 Å². The van der Waals surface area contributed by atoms with Gasteiger partial charge in [-0.05, 0) is 36.5 Å². The van der Waals surface area contributed by atoms with Crippen LogP contribution in [-0.4, -0.2) is 31.2 Å². The van der Waals surface area contributed by atoms with E-state index in [0.29, 0.717) is 11.8 Å². The lowest BCUT2D eigenvalue weighted by molar-refractivity contribution is 0.280. The fraction of sp³-hybridized carbons (Fsp3) is 0.571. The summed E-state index contributed by atoms with van der Waals surface area (Å²) in [5, 5.41) is 0. The summed E-state index contributed by atoms with van der Waals surface area (Å²) < 4.78 is 13.3. The zero-order valence-electron chi connectivity index (χ0n) is 9.83. The van der Waals surface area contributed by atoms with E-state index in [4.69, 9.17) is 0 Å². The molecule has 0 amide bonds. The fourth-order valence-corrected chi connectivity index (χ4v) is 3.53. The third-order valence-corrected chi connectivity index (χ3v) is 4.77. The molecule has 2 fully saturated rings. The molecule has 0 spiro atoms. The van der Waals surface area contributed by atoms with Crippen LogP contribution in [0, 0.1) is 5.92 Å². The van der Waals surface area contributed by atoms with E-state index in [2.05, 4.69) is 45.1 Å². The summed E-state index contributed by atoms with van der Waals surface area (Å²) >= 11 is 3.48. The number of nitrogens with zero attached hydrogens (tertiary/aromatic N) is 1. The van der Waals surface area contributed by atoms with Crippen molar-refractivity contribution in [3.05, 3.63) is 34.3 Å². The minimum absolute atomic E-state index is 0.188. The molecule has 17 heavy (non-hydrogen) atoms. The molecule has 1 nitrogen and oxygen atoms in total. The molecule has 0 aromatic heterocycles. The van der Waals surface area contributed by atoms with Crippen LogP contribution in [0.1, 0.15) is 18.4 Å². The van der Waals surface area contributed by atoms with Crippen molar-refractivity contribution in [1.29, 1.82) is 0 Å². The maximum Gasteiger partial charge on any atom is 0.0906 e. The Balaban J connectivity index is 1.71. The van der Waals surface area contributed by atoms with Crippen molar-refractivity contribution in [3.63, 3.8) is 0 Å². The van der Waals surface area contributed by atoms with Crippen molar-refractivity contribution in [2.75, 3.05) is 26.3 Å². The number of benzene rings is 1. The Hall–Kier alpha value is -0.410. The smallest absolute Gasteiger partial charge is 0.0906 e. The van der Waals surface area contributed by atoms with Crippen LogP contribution >= 0.6 is 15.9 Å². The van der Waals surface area contributed by atoms with Crippen molar-refractivity contribution in [2.24, 2.45) is 5.92 Å². The zero-order chi connectivity index (χ0) is 11.9. The highest BCUT2D eigenvalue weighted by Gasteiger charge is 2.60. The molecule has 1 aliphatic carbocycles. The zero-order valence-corrected chi connectivity index (χ0v) is 11.4. The summed E-state index contributed by atoms with van der Waals surface area (Å²) in [7, 11) is 0. The van der Waals surface area contributed by atoms with E-state index in [1.54, 1.807) is 0 Å². The van der Waals surface area contributed by atoms with Gasteiger partial charge in [-0.1, -0.05) is 28.1 Å². The molecular weight excluding hydrogens is 281 g/mol. The summed E-state index contributed by atoms with van der Waals surface area (Å²) in [5.74, 6) is 0.809. The van der Waals surface area contributed by atoms with Crippen LogP contribution in [0.4, 0.5) is 4.39 Å². The second kappa shape index (κ2) is 4.36. The highest BCUT2D eigenvalue weighted by atomic mass is 79.9. The van der Waals surface area contributed by atoms with Gasteiger partial charge in [-0.15, -0.1) is 0 Å². The van der Waals surface area contributed by atoms with Crippen molar-refractivity contribution >= 4 is 15.9 Å². The van der Waals surface area contributed by atoms with E-state index in [9.17, 15) is 4.39 Å². The Bertz CT molecular complexity index is 405. The largest absolute Gasteiger partial charge is 0.302 e. The van der Waals surface area contributed by atoms with E-state index in [-0.39, 0.29) is 6.67 Å². The van der Waals surface area contributed by atoms with Crippen molar-refractivity contribution in [2.45, 2.75) is 18.3 Å². The maximum absolute atomic E-state index is 12.2. The highest BCUT2D eigenvalue weighted by molar-refractivity contribution is 9.10. The van der Waals surface area contributed by atoms with E-state index in [1.807, 2.05) is 0 Å². The fourth-order valence-electron chi connectivity index (χ4n) is 3.27. The second-order valence-corrected chi connectivity index (χ2v) is 6.26. The van der Waals surface area contributed by atoms with Gasteiger partial charge < -0.3 is 4.90 Å². The lowest BCUT2D eigenvalue weighted by Crippen LogP contribution is -2.27. The van der Waals surface area contributed by atoms with E-state index >= 15 is 0 Å². The molecule has 2 atom stereocenters. The molecule has 1 aromatic rings. The summed E-state index contributed by atoms with van der Waals surface area (Å²) in [5.41, 5.74) is 1.87. The molecule has 2 aliphatic rings. The molecule has 0 bridgehead atoms. The first-order valence-electron chi connectivity index (χ1n) is 6.29. The average molecular weight is 298 g/mol. The molecule has 1 saturated heterocycles. The normalized spacial score (nSPS) is 31.5. The van der Waals surface area contributed by atoms with Crippen LogP contribution in [0.3, 0.4) is 0 Å². The molecule has 1 aliphatic heterocycles. The van der Waals surface area contributed by atoms with Gasteiger partial charge in [0.15, 0.2) is 0 Å². The molecule has 0 radical (unpaired) electrons. The predicted octanol–water partition coefficient (Wildman–Crippen LogP) is 3.38. The standard InChI is InChI=1S/C14H17BrFN/c15-13-4-2-11(3-5-13)14-8-12(14)9-17(10-14)7-1-6-16/h2-5,12H,1,6-10H2/t12?,14-/m1/s1. The van der Waals surface area contributed by atoms with E-state index < -0.39 is 0 Å². The van der Waals surface area contributed by atoms with Crippen molar-refractivity contribution in [1.82, 2.24) is 4.90 Å². The summed E-state index contributed by atoms with van der Waals surface area (Å²) in [6.07, 6.45) is 2.00. The van der Waals surface area contributed by atoms with Crippen LogP contribution in [0.5, 0.6) is 0 Å². The summed E-state index contributed by atoms with van der Waals surface area (Å²) in [6, 6.07) is 8.73. The SMILES string of the molecule is FCCCN1CC2C[C@]2(c2ccc(Br)cc2)C1. The lowest BCUT2D eigenvalue weighted by Gasteiger charge is -2.20. The molecule has 92 valence electrons. The average Bonchev–Trinajstić information content (AvgIpc) is 2.91. The van der Waals surface area contributed by atoms with Crippen LogP contribution < -0.4 is 0 Å². The molecular formula is C14H17BrFN. The summed E-state index contributed by atoms with van der Waals surface area (Å²) in [6.45, 7) is 3.02. The van der Waals surface area contributed by atoms with Gasteiger partial charge in [-0.25, -0.2) is 0 Å². The molecule has 3 heteroatoms. The first kappa shape index (κ1) is 11.7. The van der Waals surface area contributed by atoms with Gasteiger partial charge in [0.25, 0.3) is 0 Å². The van der Waals surface area contributed by atoms with Crippen molar-refractivity contribution in [3.8, 4) is 0 Å². The molecule has 1 saturated carbocycles.